The van der Waals surface area contributed by atoms with Crippen molar-refractivity contribution in [1.82, 2.24) is 4.90 Å². The summed E-state index contributed by atoms with van der Waals surface area (Å²) in [6, 6.07) is 8.86. The van der Waals surface area contributed by atoms with E-state index < -0.39 is 14.9 Å². The predicted octanol–water partition coefficient (Wildman–Crippen LogP) is 3.50. The first-order valence-electron chi connectivity index (χ1n) is 9.26. The topological polar surface area (TPSA) is 95.8 Å². The first-order chi connectivity index (χ1) is 13.7. The molecule has 0 bridgehead atoms. The molecule has 156 valence electrons. The summed E-state index contributed by atoms with van der Waals surface area (Å²) >= 11 is 6.12. The van der Waals surface area contributed by atoms with E-state index in [4.69, 9.17) is 11.6 Å². The Balaban J connectivity index is 1.95. The lowest BCUT2D eigenvalue weighted by molar-refractivity contribution is -0.385. The molecule has 1 heterocycles. The summed E-state index contributed by atoms with van der Waals surface area (Å²) in [5.41, 5.74) is 1.23. The van der Waals surface area contributed by atoms with Crippen LogP contribution in [0.3, 0.4) is 0 Å². The van der Waals surface area contributed by atoms with E-state index in [2.05, 4.69) is 21.4 Å². The zero-order valence-corrected chi connectivity index (χ0v) is 17.8. The van der Waals surface area contributed by atoms with Crippen molar-refractivity contribution < 1.29 is 13.3 Å². The molecule has 2 aromatic carbocycles. The number of nitro groups is 1. The van der Waals surface area contributed by atoms with Crippen molar-refractivity contribution in [1.29, 1.82) is 0 Å². The molecule has 2 aromatic rings. The molecule has 1 N–H and O–H groups in total. The molecule has 0 saturated carbocycles. The molecule has 0 aromatic heterocycles. The third-order valence-corrected chi connectivity index (χ3v) is 6.78. The van der Waals surface area contributed by atoms with E-state index in [0.717, 1.165) is 44.5 Å². The van der Waals surface area contributed by atoms with Crippen LogP contribution in [0, 0.1) is 17.0 Å². The van der Waals surface area contributed by atoms with Gasteiger partial charge in [-0.1, -0.05) is 24.6 Å². The number of nitrogens with zero attached hydrogens (tertiary/aromatic N) is 3. The Kier molecular flexibility index (Phi) is 6.30. The van der Waals surface area contributed by atoms with Gasteiger partial charge in [0.05, 0.1) is 21.2 Å². The van der Waals surface area contributed by atoms with Crippen molar-refractivity contribution in [3.8, 4) is 0 Å². The minimum absolute atomic E-state index is 0.131. The molecule has 1 saturated heterocycles. The molecule has 10 heteroatoms. The highest BCUT2D eigenvalue weighted by Gasteiger charge is 2.24. The average molecular weight is 439 g/mol. The number of rotatable bonds is 6. The second kappa shape index (κ2) is 8.56. The van der Waals surface area contributed by atoms with Crippen LogP contribution in [0.25, 0.3) is 0 Å². The van der Waals surface area contributed by atoms with Gasteiger partial charge < -0.3 is 9.80 Å². The van der Waals surface area contributed by atoms with Gasteiger partial charge in [0.15, 0.2) is 0 Å². The lowest BCUT2D eigenvalue weighted by Crippen LogP contribution is -2.46. The normalized spacial score (nSPS) is 15.3. The van der Waals surface area contributed by atoms with Crippen molar-refractivity contribution >= 4 is 38.7 Å². The zero-order valence-electron chi connectivity index (χ0n) is 16.3. The number of nitrogens with one attached hydrogen (secondary N) is 1. The van der Waals surface area contributed by atoms with Gasteiger partial charge in [0.1, 0.15) is 0 Å². The van der Waals surface area contributed by atoms with Crippen LogP contribution >= 0.6 is 11.6 Å². The maximum absolute atomic E-state index is 13.0. The molecule has 0 atom stereocenters. The molecule has 1 fully saturated rings. The van der Waals surface area contributed by atoms with Crippen molar-refractivity contribution in [2.45, 2.75) is 18.7 Å². The number of benzene rings is 2. The highest BCUT2D eigenvalue weighted by Crippen LogP contribution is 2.33. The number of piperazine rings is 1. The van der Waals surface area contributed by atoms with Gasteiger partial charge in [0, 0.05) is 43.3 Å². The van der Waals surface area contributed by atoms with Crippen molar-refractivity contribution in [2.75, 3.05) is 42.3 Å². The third-order valence-electron chi connectivity index (χ3n) is 5.04. The van der Waals surface area contributed by atoms with Gasteiger partial charge in [0.25, 0.3) is 15.7 Å². The second-order valence-electron chi connectivity index (χ2n) is 6.90. The summed E-state index contributed by atoms with van der Waals surface area (Å²) in [6.07, 6.45) is 0. The fourth-order valence-corrected chi connectivity index (χ4v) is 4.87. The number of hydrogen-bond donors (Lipinski definition) is 1. The molecule has 0 aliphatic carbocycles. The Morgan fingerprint density at radius 3 is 2.45 bits per heavy atom. The third kappa shape index (κ3) is 4.80. The number of halogens is 1. The van der Waals surface area contributed by atoms with Crippen LogP contribution in [0.5, 0.6) is 0 Å². The molecule has 8 nitrogen and oxygen atoms in total. The van der Waals surface area contributed by atoms with Crippen LogP contribution in [0.2, 0.25) is 5.02 Å². The molecule has 0 spiro atoms. The van der Waals surface area contributed by atoms with Gasteiger partial charge in [0.2, 0.25) is 0 Å². The maximum Gasteiger partial charge on any atom is 0.270 e. The largest absolute Gasteiger partial charge is 0.367 e. The van der Waals surface area contributed by atoms with E-state index >= 15 is 0 Å². The smallest absolute Gasteiger partial charge is 0.270 e. The standard InChI is InChI=1S/C19H23ClN4O4S/c1-3-22-8-10-23(11-9-22)18-7-5-15(20)12-17(18)21-29(27,28)19-13-16(24(25)26)6-4-14(19)2/h4-7,12-13,21H,3,8-11H2,1-2H3. The highest BCUT2D eigenvalue weighted by atomic mass is 35.5. The number of nitro benzene ring substituents is 1. The summed E-state index contributed by atoms with van der Waals surface area (Å²) in [5.74, 6) is 0. The van der Waals surface area contributed by atoms with Crippen molar-refractivity contribution in [3.05, 3.63) is 57.1 Å². The number of sulfonamides is 1. The molecule has 1 aliphatic heterocycles. The van der Waals surface area contributed by atoms with Crippen LogP contribution in [-0.4, -0.2) is 51.0 Å². The SMILES string of the molecule is CCN1CCN(c2ccc(Cl)cc2NS(=O)(=O)c2cc([N+](=O)[O-])ccc2C)CC1. The number of anilines is 2. The first kappa shape index (κ1) is 21.4. The van der Waals surface area contributed by atoms with Gasteiger partial charge in [-0.2, -0.15) is 0 Å². The van der Waals surface area contributed by atoms with Gasteiger partial charge >= 0.3 is 0 Å². The van der Waals surface area contributed by atoms with Crippen LogP contribution in [0.1, 0.15) is 12.5 Å². The fraction of sp³-hybridized carbons (Fsp3) is 0.368. The number of non-ortho nitro benzene ring substituents is 1. The van der Waals surface area contributed by atoms with E-state index in [-0.39, 0.29) is 10.6 Å². The summed E-state index contributed by atoms with van der Waals surface area (Å²) in [5, 5.41) is 11.5. The fourth-order valence-electron chi connectivity index (χ4n) is 3.36. The average Bonchev–Trinajstić information content (AvgIpc) is 2.68. The second-order valence-corrected chi connectivity index (χ2v) is 8.98. The minimum atomic E-state index is -4.04. The van der Waals surface area contributed by atoms with E-state index in [1.807, 2.05) is 0 Å². The highest BCUT2D eigenvalue weighted by molar-refractivity contribution is 7.92. The summed E-state index contributed by atoms with van der Waals surface area (Å²) in [4.78, 5) is 14.8. The van der Waals surface area contributed by atoms with Crippen molar-refractivity contribution in [3.63, 3.8) is 0 Å². The zero-order chi connectivity index (χ0) is 21.2. The van der Waals surface area contributed by atoms with Gasteiger partial charge in [-0.15, -0.1) is 0 Å². The van der Waals surface area contributed by atoms with Gasteiger partial charge in [-0.05, 0) is 37.2 Å². The van der Waals surface area contributed by atoms with Gasteiger partial charge in [-0.3, -0.25) is 14.8 Å². The Labute approximate surface area is 175 Å². The Bertz CT molecular complexity index is 1020. The molecule has 0 radical (unpaired) electrons. The van der Waals surface area contributed by atoms with Crippen LogP contribution in [-0.2, 0) is 10.0 Å². The van der Waals surface area contributed by atoms with Crippen LogP contribution < -0.4 is 9.62 Å². The molecule has 0 unspecified atom stereocenters. The number of aryl methyl sites for hydroxylation is 1. The Hall–Kier alpha value is -2.36. The van der Waals surface area contributed by atoms with E-state index in [9.17, 15) is 18.5 Å². The molecule has 29 heavy (non-hydrogen) atoms. The Morgan fingerprint density at radius 1 is 1.14 bits per heavy atom. The predicted molar refractivity (Wildman–Crippen MR) is 114 cm³/mol. The molecule has 1 aliphatic rings. The lowest BCUT2D eigenvalue weighted by Gasteiger charge is -2.36. The molecule has 0 amide bonds. The quantitative estimate of drug-likeness (QED) is 0.547. The van der Waals surface area contributed by atoms with Crippen LogP contribution in [0.4, 0.5) is 17.1 Å². The summed E-state index contributed by atoms with van der Waals surface area (Å²) < 4.78 is 28.7. The van der Waals surface area contributed by atoms with Crippen molar-refractivity contribution in [2.24, 2.45) is 0 Å². The lowest BCUT2D eigenvalue weighted by atomic mass is 10.2. The molecule has 3 rings (SSSR count). The molecular weight excluding hydrogens is 416 g/mol. The monoisotopic (exact) mass is 438 g/mol. The van der Waals surface area contributed by atoms with Crippen LogP contribution in [0.15, 0.2) is 41.3 Å². The van der Waals surface area contributed by atoms with E-state index in [0.29, 0.717) is 16.3 Å². The summed E-state index contributed by atoms with van der Waals surface area (Å²) in [6.45, 7) is 7.98. The Morgan fingerprint density at radius 2 is 1.83 bits per heavy atom. The minimum Gasteiger partial charge on any atom is -0.367 e. The first-order valence-corrected chi connectivity index (χ1v) is 11.1. The van der Waals surface area contributed by atoms with Gasteiger partial charge in [-0.25, -0.2) is 8.42 Å². The molecular formula is C19H23ClN4O4S. The number of hydrogen-bond acceptors (Lipinski definition) is 6. The number of likely N-dealkylation sites (N-methyl/N-ethyl adjacent to an activating group) is 1. The maximum atomic E-state index is 13.0. The van der Waals surface area contributed by atoms with E-state index in [1.165, 1.54) is 12.1 Å². The summed E-state index contributed by atoms with van der Waals surface area (Å²) in [7, 11) is -4.04. The van der Waals surface area contributed by atoms with E-state index in [1.54, 1.807) is 25.1 Å².